The summed E-state index contributed by atoms with van der Waals surface area (Å²) in [6.07, 6.45) is 0.586. The maximum atomic E-state index is 11.9. The monoisotopic (exact) mass is 290 g/mol. The summed E-state index contributed by atoms with van der Waals surface area (Å²) < 4.78 is 0. The van der Waals surface area contributed by atoms with Crippen LogP contribution in [0.4, 0.5) is 0 Å². The van der Waals surface area contributed by atoms with Gasteiger partial charge in [-0.1, -0.05) is 54.1 Å². The fourth-order valence-electron chi connectivity index (χ4n) is 1.70. The van der Waals surface area contributed by atoms with Gasteiger partial charge in [-0.05, 0) is 17.7 Å². The number of carbonyl (C=O) groups is 1. The molecule has 0 saturated carbocycles. The molecule has 0 saturated heterocycles. The van der Waals surface area contributed by atoms with E-state index in [2.05, 4.69) is 0 Å². The molecule has 0 heterocycles. The van der Waals surface area contributed by atoms with Crippen molar-refractivity contribution in [3.8, 4) is 0 Å². The second-order valence-electron chi connectivity index (χ2n) is 4.22. The van der Waals surface area contributed by atoms with E-state index in [1.807, 2.05) is 54.6 Å². The fourth-order valence-corrected chi connectivity index (χ4v) is 2.73. The van der Waals surface area contributed by atoms with E-state index in [1.165, 1.54) is 5.56 Å². The fraction of sp³-hybridized carbons (Fsp3) is 0.188. The number of Topliss-reactive ketones (excluding diaryl/α,β-unsaturated/α-hetero) is 1. The number of hydrogen-bond acceptors (Lipinski definition) is 2. The van der Waals surface area contributed by atoms with Crippen LogP contribution in [0.1, 0.15) is 22.3 Å². The number of hydrogen-bond donors (Lipinski definition) is 0. The standard InChI is InChI=1S/C16H15ClOS/c17-15-8-6-13(7-9-15)12-19-11-10-16(18)14-4-2-1-3-5-14/h1-9H,10-12H2. The van der Waals surface area contributed by atoms with Crippen molar-refractivity contribution in [2.75, 3.05) is 5.75 Å². The summed E-state index contributed by atoms with van der Waals surface area (Å²) in [5.41, 5.74) is 2.04. The van der Waals surface area contributed by atoms with E-state index >= 15 is 0 Å². The Morgan fingerprint density at radius 1 is 1.00 bits per heavy atom. The lowest BCUT2D eigenvalue weighted by molar-refractivity contribution is 0.0989. The third-order valence-corrected chi connectivity index (χ3v) is 4.03. The lowest BCUT2D eigenvalue weighted by Gasteiger charge is -2.02. The molecule has 98 valence electrons. The van der Waals surface area contributed by atoms with Crippen LogP contribution in [0.3, 0.4) is 0 Å². The highest BCUT2D eigenvalue weighted by Crippen LogP contribution is 2.16. The van der Waals surface area contributed by atoms with Crippen molar-refractivity contribution >= 4 is 29.1 Å². The average Bonchev–Trinajstić information content (AvgIpc) is 2.46. The molecule has 0 atom stereocenters. The van der Waals surface area contributed by atoms with E-state index in [1.54, 1.807) is 11.8 Å². The SMILES string of the molecule is O=C(CCSCc1ccc(Cl)cc1)c1ccccc1. The van der Waals surface area contributed by atoms with Crippen molar-refractivity contribution in [2.45, 2.75) is 12.2 Å². The minimum Gasteiger partial charge on any atom is -0.294 e. The number of thioether (sulfide) groups is 1. The number of carbonyl (C=O) groups excluding carboxylic acids is 1. The summed E-state index contributed by atoms with van der Waals surface area (Å²) in [4.78, 5) is 11.9. The van der Waals surface area contributed by atoms with Crippen molar-refractivity contribution in [3.63, 3.8) is 0 Å². The van der Waals surface area contributed by atoms with Crippen LogP contribution >= 0.6 is 23.4 Å². The zero-order valence-corrected chi connectivity index (χ0v) is 12.1. The van der Waals surface area contributed by atoms with E-state index in [0.717, 1.165) is 22.1 Å². The quantitative estimate of drug-likeness (QED) is 0.559. The van der Waals surface area contributed by atoms with Gasteiger partial charge in [0, 0.05) is 28.5 Å². The van der Waals surface area contributed by atoms with E-state index in [0.29, 0.717) is 6.42 Å². The summed E-state index contributed by atoms with van der Waals surface area (Å²) in [7, 11) is 0. The van der Waals surface area contributed by atoms with Gasteiger partial charge in [0.25, 0.3) is 0 Å². The molecule has 2 aromatic carbocycles. The Morgan fingerprint density at radius 3 is 2.37 bits per heavy atom. The molecular formula is C16H15ClOS. The smallest absolute Gasteiger partial charge is 0.163 e. The van der Waals surface area contributed by atoms with E-state index in [4.69, 9.17) is 11.6 Å². The van der Waals surface area contributed by atoms with Crippen LogP contribution in [-0.4, -0.2) is 11.5 Å². The van der Waals surface area contributed by atoms with E-state index < -0.39 is 0 Å². The Bertz CT molecular complexity index is 522. The van der Waals surface area contributed by atoms with Gasteiger partial charge in [0.15, 0.2) is 5.78 Å². The molecule has 1 nitrogen and oxygen atoms in total. The minimum atomic E-state index is 0.212. The van der Waals surface area contributed by atoms with Crippen molar-refractivity contribution in [1.29, 1.82) is 0 Å². The molecule has 2 aromatic rings. The molecule has 19 heavy (non-hydrogen) atoms. The zero-order valence-electron chi connectivity index (χ0n) is 10.5. The third kappa shape index (κ3) is 4.73. The molecule has 0 spiro atoms. The number of ketones is 1. The van der Waals surface area contributed by atoms with E-state index in [9.17, 15) is 4.79 Å². The second kappa shape index (κ2) is 7.37. The summed E-state index contributed by atoms with van der Waals surface area (Å²) in [5.74, 6) is 1.97. The van der Waals surface area contributed by atoms with Crippen molar-refractivity contribution in [3.05, 3.63) is 70.7 Å². The summed E-state index contributed by atoms with van der Waals surface area (Å²) >= 11 is 7.60. The van der Waals surface area contributed by atoms with Crippen molar-refractivity contribution < 1.29 is 4.79 Å². The van der Waals surface area contributed by atoms with Gasteiger partial charge >= 0.3 is 0 Å². The molecule has 0 bridgehead atoms. The molecule has 0 aliphatic carbocycles. The maximum absolute atomic E-state index is 11.9. The van der Waals surface area contributed by atoms with Crippen LogP contribution in [0.5, 0.6) is 0 Å². The van der Waals surface area contributed by atoms with Crippen LogP contribution in [0, 0.1) is 0 Å². The molecule has 3 heteroatoms. The molecule has 0 aromatic heterocycles. The normalized spacial score (nSPS) is 10.4. The minimum absolute atomic E-state index is 0.212. The van der Waals surface area contributed by atoms with Crippen LogP contribution in [0.15, 0.2) is 54.6 Å². The number of benzene rings is 2. The Labute approximate surface area is 123 Å². The highest BCUT2D eigenvalue weighted by molar-refractivity contribution is 7.98. The Hall–Kier alpha value is -1.25. The first kappa shape index (κ1) is 14.2. The van der Waals surface area contributed by atoms with E-state index in [-0.39, 0.29) is 5.78 Å². The van der Waals surface area contributed by atoms with Gasteiger partial charge in [0.2, 0.25) is 0 Å². The maximum Gasteiger partial charge on any atom is 0.163 e. The Kier molecular flexibility index (Phi) is 5.49. The molecule has 0 radical (unpaired) electrons. The predicted octanol–water partition coefficient (Wildman–Crippen LogP) is 4.85. The van der Waals surface area contributed by atoms with Gasteiger partial charge in [-0.2, -0.15) is 11.8 Å². The van der Waals surface area contributed by atoms with Gasteiger partial charge in [-0.25, -0.2) is 0 Å². The molecule has 0 unspecified atom stereocenters. The molecule has 0 N–H and O–H groups in total. The molecule has 0 amide bonds. The highest BCUT2D eigenvalue weighted by atomic mass is 35.5. The van der Waals surface area contributed by atoms with Crippen LogP contribution in [0.25, 0.3) is 0 Å². The molecule has 0 aliphatic heterocycles. The van der Waals surface area contributed by atoms with Gasteiger partial charge in [-0.3, -0.25) is 4.79 Å². The third-order valence-electron chi connectivity index (χ3n) is 2.75. The second-order valence-corrected chi connectivity index (χ2v) is 5.76. The number of halogens is 1. The van der Waals surface area contributed by atoms with Crippen molar-refractivity contribution in [1.82, 2.24) is 0 Å². The summed E-state index contributed by atoms with van der Waals surface area (Å²) in [5, 5.41) is 0.757. The molecule has 0 fully saturated rings. The summed E-state index contributed by atoms with van der Waals surface area (Å²) in [6, 6.07) is 17.3. The number of rotatable bonds is 6. The average molecular weight is 291 g/mol. The predicted molar refractivity (Wildman–Crippen MR) is 83.0 cm³/mol. The first-order chi connectivity index (χ1) is 9.25. The lowest BCUT2D eigenvalue weighted by atomic mass is 10.1. The topological polar surface area (TPSA) is 17.1 Å². The van der Waals surface area contributed by atoms with Crippen LogP contribution in [0.2, 0.25) is 5.02 Å². The molecule has 0 aliphatic rings. The zero-order chi connectivity index (χ0) is 13.5. The first-order valence-electron chi connectivity index (χ1n) is 6.16. The van der Waals surface area contributed by atoms with Gasteiger partial charge < -0.3 is 0 Å². The van der Waals surface area contributed by atoms with Gasteiger partial charge in [0.1, 0.15) is 0 Å². The largest absolute Gasteiger partial charge is 0.294 e. The van der Waals surface area contributed by atoms with Gasteiger partial charge in [-0.15, -0.1) is 0 Å². The Morgan fingerprint density at radius 2 is 1.68 bits per heavy atom. The van der Waals surface area contributed by atoms with Gasteiger partial charge in [0.05, 0.1) is 0 Å². The van der Waals surface area contributed by atoms with Crippen LogP contribution in [-0.2, 0) is 5.75 Å². The van der Waals surface area contributed by atoms with Crippen LogP contribution < -0.4 is 0 Å². The lowest BCUT2D eigenvalue weighted by Crippen LogP contribution is -2.00. The first-order valence-corrected chi connectivity index (χ1v) is 7.69. The molecule has 2 rings (SSSR count). The van der Waals surface area contributed by atoms with Crippen molar-refractivity contribution in [2.24, 2.45) is 0 Å². The summed E-state index contributed by atoms with van der Waals surface area (Å²) in [6.45, 7) is 0. The molecular weight excluding hydrogens is 276 g/mol. The Balaban J connectivity index is 1.72. The highest BCUT2D eigenvalue weighted by Gasteiger charge is 2.04.